The van der Waals surface area contributed by atoms with E-state index in [1.165, 1.54) is 0 Å². The van der Waals surface area contributed by atoms with Gasteiger partial charge in [-0.05, 0) is 26.3 Å². The van der Waals surface area contributed by atoms with Crippen molar-refractivity contribution in [3.8, 4) is 0 Å². The minimum absolute atomic E-state index is 0.0917. The summed E-state index contributed by atoms with van der Waals surface area (Å²) in [5.74, 6) is 0.707. The van der Waals surface area contributed by atoms with Crippen molar-refractivity contribution in [2.75, 3.05) is 11.9 Å². The SMILES string of the molecule is CC1(C)C[C@H](Nc2nnc(Cl)c3ccncc23)CO1. The third kappa shape index (κ3) is 2.48. The first-order chi connectivity index (χ1) is 9.05. The van der Waals surface area contributed by atoms with Gasteiger partial charge in [0.25, 0.3) is 0 Å². The molecule has 0 amide bonds. The van der Waals surface area contributed by atoms with Crippen LogP contribution in [-0.4, -0.2) is 33.4 Å². The molecule has 0 aliphatic carbocycles. The van der Waals surface area contributed by atoms with E-state index in [2.05, 4.69) is 34.3 Å². The molecule has 0 unspecified atom stereocenters. The van der Waals surface area contributed by atoms with Gasteiger partial charge in [-0.15, -0.1) is 10.2 Å². The maximum Gasteiger partial charge on any atom is 0.159 e. The van der Waals surface area contributed by atoms with Gasteiger partial charge in [-0.2, -0.15) is 0 Å². The van der Waals surface area contributed by atoms with Gasteiger partial charge in [-0.25, -0.2) is 0 Å². The van der Waals surface area contributed by atoms with Crippen LogP contribution in [0.25, 0.3) is 10.8 Å². The van der Waals surface area contributed by atoms with E-state index in [9.17, 15) is 0 Å². The van der Waals surface area contributed by atoms with Crippen molar-refractivity contribution in [1.29, 1.82) is 0 Å². The molecule has 1 fully saturated rings. The number of halogens is 1. The van der Waals surface area contributed by atoms with Gasteiger partial charge in [0.1, 0.15) is 0 Å². The van der Waals surface area contributed by atoms with E-state index in [0.29, 0.717) is 17.6 Å². The Balaban J connectivity index is 1.92. The van der Waals surface area contributed by atoms with Gasteiger partial charge in [-0.1, -0.05) is 11.6 Å². The average Bonchev–Trinajstić information content (AvgIpc) is 2.73. The maximum atomic E-state index is 6.04. The Kier molecular flexibility index (Phi) is 3.03. The van der Waals surface area contributed by atoms with Crippen LogP contribution < -0.4 is 5.32 Å². The molecule has 5 nitrogen and oxygen atoms in total. The van der Waals surface area contributed by atoms with Gasteiger partial charge in [0.15, 0.2) is 11.0 Å². The lowest BCUT2D eigenvalue weighted by atomic mass is 10.0. The number of hydrogen-bond donors (Lipinski definition) is 1. The van der Waals surface area contributed by atoms with Crippen molar-refractivity contribution in [3.05, 3.63) is 23.6 Å². The molecule has 0 saturated carbocycles. The van der Waals surface area contributed by atoms with Crippen molar-refractivity contribution >= 4 is 28.2 Å². The van der Waals surface area contributed by atoms with Crippen LogP contribution >= 0.6 is 11.6 Å². The Bertz CT molecular complexity index is 617. The monoisotopic (exact) mass is 278 g/mol. The summed E-state index contributed by atoms with van der Waals surface area (Å²) in [7, 11) is 0. The number of fused-ring (bicyclic) bond motifs is 1. The second-order valence-corrected chi connectivity index (χ2v) is 5.73. The number of nitrogens with zero attached hydrogens (tertiary/aromatic N) is 3. The molecule has 6 heteroatoms. The molecule has 2 aromatic heterocycles. The van der Waals surface area contributed by atoms with Crippen LogP contribution in [0, 0.1) is 0 Å². The van der Waals surface area contributed by atoms with E-state index < -0.39 is 0 Å². The first kappa shape index (κ1) is 12.6. The summed E-state index contributed by atoms with van der Waals surface area (Å²) < 4.78 is 5.71. The number of pyridine rings is 1. The second kappa shape index (κ2) is 4.58. The zero-order valence-corrected chi connectivity index (χ0v) is 11.6. The fourth-order valence-electron chi connectivity index (χ4n) is 2.39. The summed E-state index contributed by atoms with van der Waals surface area (Å²) in [4.78, 5) is 4.12. The van der Waals surface area contributed by atoms with Crippen molar-refractivity contribution in [3.63, 3.8) is 0 Å². The molecule has 3 heterocycles. The molecule has 2 aromatic rings. The van der Waals surface area contributed by atoms with Crippen molar-refractivity contribution in [2.24, 2.45) is 0 Å². The highest BCUT2D eigenvalue weighted by Crippen LogP contribution is 2.29. The zero-order valence-electron chi connectivity index (χ0n) is 10.9. The fourth-order valence-corrected chi connectivity index (χ4v) is 2.60. The molecule has 0 bridgehead atoms. The maximum absolute atomic E-state index is 6.04. The van der Waals surface area contributed by atoms with Gasteiger partial charge in [0, 0.05) is 23.2 Å². The molecule has 0 spiro atoms. The zero-order chi connectivity index (χ0) is 13.5. The van der Waals surface area contributed by atoms with E-state index in [1.54, 1.807) is 12.4 Å². The summed E-state index contributed by atoms with van der Waals surface area (Å²) in [5.41, 5.74) is -0.0917. The third-order valence-electron chi connectivity index (χ3n) is 3.29. The first-order valence-electron chi connectivity index (χ1n) is 6.21. The van der Waals surface area contributed by atoms with E-state index in [1.807, 2.05) is 6.07 Å². The molecule has 0 radical (unpaired) electrons. The van der Waals surface area contributed by atoms with E-state index >= 15 is 0 Å². The minimum atomic E-state index is -0.0917. The lowest BCUT2D eigenvalue weighted by Crippen LogP contribution is -2.23. The van der Waals surface area contributed by atoms with Crippen molar-refractivity contribution < 1.29 is 4.74 Å². The highest BCUT2D eigenvalue weighted by atomic mass is 35.5. The normalized spacial score (nSPS) is 21.7. The standard InChI is InChI=1S/C13H15ClN4O/c1-13(2)5-8(7-19-13)16-12-10-6-15-4-3-9(10)11(14)17-18-12/h3-4,6,8H,5,7H2,1-2H3,(H,16,18)/t8-/m0/s1. The van der Waals surface area contributed by atoms with Crippen LogP contribution in [0.3, 0.4) is 0 Å². The Morgan fingerprint density at radius 2 is 2.21 bits per heavy atom. The number of aromatic nitrogens is 3. The van der Waals surface area contributed by atoms with Crippen molar-refractivity contribution in [2.45, 2.75) is 31.9 Å². The average molecular weight is 279 g/mol. The van der Waals surface area contributed by atoms with Crippen LogP contribution in [0.1, 0.15) is 20.3 Å². The number of hydrogen-bond acceptors (Lipinski definition) is 5. The number of ether oxygens (including phenoxy) is 1. The van der Waals surface area contributed by atoms with Gasteiger partial charge < -0.3 is 10.1 Å². The molecular weight excluding hydrogens is 264 g/mol. The van der Waals surface area contributed by atoms with Crippen LogP contribution in [0.5, 0.6) is 0 Å². The van der Waals surface area contributed by atoms with Crippen LogP contribution in [0.4, 0.5) is 5.82 Å². The fraction of sp³-hybridized carbons (Fsp3) is 0.462. The topological polar surface area (TPSA) is 59.9 Å². The number of anilines is 1. The predicted molar refractivity (Wildman–Crippen MR) is 74.4 cm³/mol. The highest BCUT2D eigenvalue weighted by molar-refractivity contribution is 6.34. The van der Waals surface area contributed by atoms with Gasteiger partial charge in [0.2, 0.25) is 0 Å². The summed E-state index contributed by atoms with van der Waals surface area (Å²) in [6.07, 6.45) is 4.37. The molecular formula is C13H15ClN4O. The van der Waals surface area contributed by atoms with Crippen LogP contribution in [0.15, 0.2) is 18.5 Å². The van der Waals surface area contributed by atoms with Gasteiger partial charge >= 0.3 is 0 Å². The Hall–Kier alpha value is -1.46. The van der Waals surface area contributed by atoms with Gasteiger partial charge in [-0.3, -0.25) is 4.98 Å². The number of rotatable bonds is 2. The van der Waals surface area contributed by atoms with E-state index in [-0.39, 0.29) is 11.6 Å². The molecule has 1 N–H and O–H groups in total. The Morgan fingerprint density at radius 1 is 1.37 bits per heavy atom. The highest BCUT2D eigenvalue weighted by Gasteiger charge is 2.32. The second-order valence-electron chi connectivity index (χ2n) is 5.38. The summed E-state index contributed by atoms with van der Waals surface area (Å²) in [5, 5.41) is 13.6. The lowest BCUT2D eigenvalue weighted by molar-refractivity contribution is 0.0363. The summed E-state index contributed by atoms with van der Waals surface area (Å²) >= 11 is 6.04. The van der Waals surface area contributed by atoms with E-state index in [0.717, 1.165) is 17.2 Å². The van der Waals surface area contributed by atoms with Crippen molar-refractivity contribution in [1.82, 2.24) is 15.2 Å². The van der Waals surface area contributed by atoms with Crippen LogP contribution in [-0.2, 0) is 4.74 Å². The lowest BCUT2D eigenvalue weighted by Gasteiger charge is -2.16. The molecule has 100 valence electrons. The van der Waals surface area contributed by atoms with E-state index in [4.69, 9.17) is 16.3 Å². The molecule has 1 aliphatic rings. The number of nitrogens with one attached hydrogen (secondary N) is 1. The van der Waals surface area contributed by atoms with Gasteiger partial charge in [0.05, 0.1) is 18.2 Å². The predicted octanol–water partition coefficient (Wildman–Crippen LogP) is 2.66. The molecule has 19 heavy (non-hydrogen) atoms. The minimum Gasteiger partial charge on any atom is -0.373 e. The molecule has 0 aromatic carbocycles. The summed E-state index contributed by atoms with van der Waals surface area (Å²) in [6, 6.07) is 2.07. The van der Waals surface area contributed by atoms with Crippen LogP contribution in [0.2, 0.25) is 5.15 Å². The first-order valence-corrected chi connectivity index (χ1v) is 6.59. The summed E-state index contributed by atoms with van der Waals surface area (Å²) in [6.45, 7) is 4.84. The molecule has 1 atom stereocenters. The third-order valence-corrected chi connectivity index (χ3v) is 3.57. The molecule has 1 aliphatic heterocycles. The Labute approximate surface area is 116 Å². The molecule has 1 saturated heterocycles. The Morgan fingerprint density at radius 3 is 2.95 bits per heavy atom. The quantitative estimate of drug-likeness (QED) is 0.915. The smallest absolute Gasteiger partial charge is 0.159 e. The largest absolute Gasteiger partial charge is 0.373 e. The molecule has 3 rings (SSSR count).